The number of nitrogens with one attached hydrogen (secondary N) is 1. The molecule has 1 aliphatic heterocycles. The molecular weight excluding hydrogens is 352 g/mol. The Labute approximate surface area is 148 Å². The van der Waals surface area contributed by atoms with Gasteiger partial charge in [0.15, 0.2) is 0 Å². The number of carbonyl (C=O) groups excluding carboxylic acids is 1. The molecular formula is C19H27BrN2O. The number of likely N-dealkylation sites (tertiary alicyclic amines) is 1. The van der Waals surface area contributed by atoms with E-state index in [0.29, 0.717) is 17.9 Å². The van der Waals surface area contributed by atoms with Gasteiger partial charge in [-0.05, 0) is 69.2 Å². The zero-order valence-electron chi connectivity index (χ0n) is 14.1. The summed E-state index contributed by atoms with van der Waals surface area (Å²) in [7, 11) is 0. The highest BCUT2D eigenvalue weighted by Gasteiger charge is 2.43. The topological polar surface area (TPSA) is 32.3 Å². The maximum atomic E-state index is 12.4. The zero-order valence-corrected chi connectivity index (χ0v) is 15.7. The van der Waals surface area contributed by atoms with Gasteiger partial charge in [-0.1, -0.05) is 28.1 Å². The zero-order chi connectivity index (χ0) is 16.4. The molecule has 0 bridgehead atoms. The van der Waals surface area contributed by atoms with Gasteiger partial charge in [-0.3, -0.25) is 4.79 Å². The highest BCUT2D eigenvalue weighted by atomic mass is 79.9. The molecule has 1 aromatic rings. The van der Waals surface area contributed by atoms with E-state index in [9.17, 15) is 4.79 Å². The Morgan fingerprint density at radius 2 is 2.26 bits per heavy atom. The number of halogens is 1. The minimum atomic E-state index is 0.175. The largest absolute Gasteiger partial charge is 0.356 e. The van der Waals surface area contributed by atoms with Gasteiger partial charge in [0.05, 0.1) is 0 Å². The van der Waals surface area contributed by atoms with Crippen LogP contribution < -0.4 is 5.32 Å². The fraction of sp³-hybridized carbons (Fsp3) is 0.632. The van der Waals surface area contributed by atoms with Crippen LogP contribution in [-0.2, 0) is 4.79 Å². The molecule has 3 unspecified atom stereocenters. The SMILES string of the molecule is CC(C)N1CCCC(CNC(=O)C2CC2c2cccc(Br)c2)C1. The summed E-state index contributed by atoms with van der Waals surface area (Å²) in [5, 5.41) is 3.21. The van der Waals surface area contributed by atoms with Gasteiger partial charge in [0.2, 0.25) is 5.91 Å². The normalized spacial score (nSPS) is 27.9. The lowest BCUT2D eigenvalue weighted by atomic mass is 9.97. The molecule has 0 radical (unpaired) electrons. The van der Waals surface area contributed by atoms with Crippen molar-refractivity contribution in [3.63, 3.8) is 0 Å². The van der Waals surface area contributed by atoms with Gasteiger partial charge in [-0.15, -0.1) is 0 Å². The van der Waals surface area contributed by atoms with Gasteiger partial charge < -0.3 is 10.2 Å². The Kier molecular flexibility index (Phi) is 5.42. The van der Waals surface area contributed by atoms with Crippen molar-refractivity contribution in [2.75, 3.05) is 19.6 Å². The Bertz CT molecular complexity index is 560. The average molecular weight is 379 g/mol. The number of carbonyl (C=O) groups is 1. The summed E-state index contributed by atoms with van der Waals surface area (Å²) in [6.45, 7) is 7.68. The van der Waals surface area contributed by atoms with Crippen LogP contribution in [0.15, 0.2) is 28.7 Å². The average Bonchev–Trinajstić information content (AvgIpc) is 3.33. The molecule has 2 aliphatic rings. The third-order valence-electron chi connectivity index (χ3n) is 5.25. The van der Waals surface area contributed by atoms with Crippen molar-refractivity contribution in [3.05, 3.63) is 34.3 Å². The summed E-state index contributed by atoms with van der Waals surface area (Å²) >= 11 is 3.51. The highest BCUT2D eigenvalue weighted by Crippen LogP contribution is 2.47. The first-order valence-corrected chi connectivity index (χ1v) is 9.61. The Morgan fingerprint density at radius 3 is 3.00 bits per heavy atom. The highest BCUT2D eigenvalue weighted by molar-refractivity contribution is 9.10. The number of hydrogen-bond acceptors (Lipinski definition) is 2. The Balaban J connectivity index is 1.46. The van der Waals surface area contributed by atoms with Crippen molar-refractivity contribution < 1.29 is 4.79 Å². The molecule has 1 aromatic carbocycles. The van der Waals surface area contributed by atoms with Gasteiger partial charge in [-0.25, -0.2) is 0 Å². The number of piperidine rings is 1. The summed E-state index contributed by atoms with van der Waals surface area (Å²) in [5.74, 6) is 1.44. The van der Waals surface area contributed by atoms with E-state index in [1.165, 1.54) is 24.9 Å². The first kappa shape index (κ1) is 17.0. The van der Waals surface area contributed by atoms with Crippen molar-refractivity contribution in [2.45, 2.75) is 45.1 Å². The van der Waals surface area contributed by atoms with E-state index in [1.54, 1.807) is 0 Å². The first-order valence-electron chi connectivity index (χ1n) is 8.82. The quantitative estimate of drug-likeness (QED) is 0.844. The van der Waals surface area contributed by atoms with Gasteiger partial charge in [-0.2, -0.15) is 0 Å². The molecule has 4 heteroatoms. The molecule has 1 saturated carbocycles. The molecule has 0 aromatic heterocycles. The molecule has 23 heavy (non-hydrogen) atoms. The van der Waals surface area contributed by atoms with Crippen molar-refractivity contribution in [1.82, 2.24) is 10.2 Å². The van der Waals surface area contributed by atoms with Crippen LogP contribution in [0, 0.1) is 11.8 Å². The van der Waals surface area contributed by atoms with Crippen molar-refractivity contribution >= 4 is 21.8 Å². The lowest BCUT2D eigenvalue weighted by Crippen LogP contribution is -2.44. The van der Waals surface area contributed by atoms with E-state index >= 15 is 0 Å². The van der Waals surface area contributed by atoms with Crippen molar-refractivity contribution in [1.29, 1.82) is 0 Å². The fourth-order valence-electron chi connectivity index (χ4n) is 3.70. The van der Waals surface area contributed by atoms with E-state index in [2.05, 4.69) is 58.2 Å². The smallest absolute Gasteiger partial charge is 0.223 e. The lowest BCUT2D eigenvalue weighted by Gasteiger charge is -2.35. The van der Waals surface area contributed by atoms with E-state index in [0.717, 1.165) is 24.0 Å². The van der Waals surface area contributed by atoms with Crippen molar-refractivity contribution in [2.24, 2.45) is 11.8 Å². The van der Waals surface area contributed by atoms with Crippen molar-refractivity contribution in [3.8, 4) is 0 Å². The van der Waals surface area contributed by atoms with Crippen LogP contribution in [0.1, 0.15) is 44.6 Å². The molecule has 1 amide bonds. The number of amides is 1. The minimum absolute atomic E-state index is 0.175. The summed E-state index contributed by atoms with van der Waals surface area (Å²) in [4.78, 5) is 14.9. The maximum absolute atomic E-state index is 12.4. The monoisotopic (exact) mass is 378 g/mol. The minimum Gasteiger partial charge on any atom is -0.356 e. The lowest BCUT2D eigenvalue weighted by molar-refractivity contribution is -0.122. The third kappa shape index (κ3) is 4.36. The summed E-state index contributed by atoms with van der Waals surface area (Å²) in [6.07, 6.45) is 3.48. The van der Waals surface area contributed by atoms with Gasteiger partial charge >= 0.3 is 0 Å². The molecule has 3 nitrogen and oxygen atoms in total. The Morgan fingerprint density at radius 1 is 1.43 bits per heavy atom. The maximum Gasteiger partial charge on any atom is 0.223 e. The molecule has 0 spiro atoms. The van der Waals surface area contributed by atoms with Gasteiger partial charge in [0.25, 0.3) is 0 Å². The van der Waals surface area contributed by atoms with Crippen LogP contribution in [0.25, 0.3) is 0 Å². The summed E-state index contributed by atoms with van der Waals surface area (Å²) in [6, 6.07) is 8.96. The van der Waals surface area contributed by atoms with Crippen LogP contribution in [0.2, 0.25) is 0 Å². The number of rotatable bonds is 5. The van der Waals surface area contributed by atoms with Crippen LogP contribution in [0.4, 0.5) is 0 Å². The van der Waals surface area contributed by atoms with E-state index < -0.39 is 0 Å². The Hall–Kier alpha value is -0.870. The molecule has 1 saturated heterocycles. The molecule has 3 rings (SSSR count). The van der Waals surface area contributed by atoms with Crippen LogP contribution in [-0.4, -0.2) is 36.5 Å². The summed E-state index contributed by atoms with van der Waals surface area (Å²) in [5.41, 5.74) is 1.28. The van der Waals surface area contributed by atoms with Crippen LogP contribution >= 0.6 is 15.9 Å². The number of nitrogens with zero attached hydrogens (tertiary/aromatic N) is 1. The fourth-order valence-corrected chi connectivity index (χ4v) is 4.12. The second-order valence-electron chi connectivity index (χ2n) is 7.35. The van der Waals surface area contributed by atoms with E-state index in [1.807, 2.05) is 6.07 Å². The third-order valence-corrected chi connectivity index (χ3v) is 5.74. The first-order chi connectivity index (χ1) is 11.0. The second-order valence-corrected chi connectivity index (χ2v) is 8.26. The standard InChI is InChI=1S/C19H27BrN2O/c1-13(2)22-8-4-5-14(12-22)11-21-19(23)18-10-17(18)15-6-3-7-16(20)9-15/h3,6-7,9,13-14,17-18H,4-5,8,10-12H2,1-2H3,(H,21,23). The predicted molar refractivity (Wildman–Crippen MR) is 97.4 cm³/mol. The number of hydrogen-bond donors (Lipinski definition) is 1. The molecule has 1 N–H and O–H groups in total. The second kappa shape index (κ2) is 7.35. The molecule has 3 atom stereocenters. The van der Waals surface area contributed by atoms with E-state index in [4.69, 9.17) is 0 Å². The van der Waals surface area contributed by atoms with Gasteiger partial charge in [0, 0.05) is 29.5 Å². The molecule has 126 valence electrons. The molecule has 1 aliphatic carbocycles. The van der Waals surface area contributed by atoms with Gasteiger partial charge in [0.1, 0.15) is 0 Å². The van der Waals surface area contributed by atoms with E-state index in [-0.39, 0.29) is 11.8 Å². The molecule has 2 fully saturated rings. The molecule has 1 heterocycles. The van der Waals surface area contributed by atoms with Crippen LogP contribution in [0.3, 0.4) is 0 Å². The predicted octanol–water partition coefficient (Wildman–Crippen LogP) is 3.79. The number of benzene rings is 1. The van der Waals surface area contributed by atoms with Crippen LogP contribution in [0.5, 0.6) is 0 Å². The summed E-state index contributed by atoms with van der Waals surface area (Å²) < 4.78 is 1.09.